The fourth-order valence-corrected chi connectivity index (χ4v) is 5.28. The molecule has 0 unspecified atom stereocenters. The highest BCUT2D eigenvalue weighted by Gasteiger charge is 2.42. The predicted octanol–water partition coefficient (Wildman–Crippen LogP) is 4.86. The first-order valence-electron chi connectivity index (χ1n) is 9.53. The number of rotatable bonds is 5. The molecule has 150 valence electrons. The Morgan fingerprint density at radius 3 is 2.55 bits per heavy atom. The highest BCUT2D eigenvalue weighted by atomic mass is 32.1. The summed E-state index contributed by atoms with van der Waals surface area (Å²) < 4.78 is 30.2. The molecule has 0 N–H and O–H groups in total. The third-order valence-corrected chi connectivity index (χ3v) is 6.66. The predicted molar refractivity (Wildman–Crippen MR) is 110 cm³/mol. The van der Waals surface area contributed by atoms with Gasteiger partial charge in [0.25, 0.3) is 0 Å². The molecule has 1 saturated heterocycles. The van der Waals surface area contributed by atoms with Crippen LogP contribution >= 0.6 is 11.3 Å². The Hall–Kier alpha value is -2.60. The van der Waals surface area contributed by atoms with Gasteiger partial charge in [-0.05, 0) is 42.1 Å². The summed E-state index contributed by atoms with van der Waals surface area (Å²) in [5.41, 5.74) is 0.395. The molecule has 1 aliphatic rings. The number of nitrogens with zero attached hydrogens (tertiary/aromatic N) is 1. The highest BCUT2D eigenvalue weighted by Crippen LogP contribution is 2.38. The van der Waals surface area contributed by atoms with Crippen LogP contribution in [0.2, 0.25) is 0 Å². The Balaban J connectivity index is 1.56. The second-order valence-electron chi connectivity index (χ2n) is 7.74. The van der Waals surface area contributed by atoms with Crippen molar-refractivity contribution in [2.45, 2.75) is 25.7 Å². The molecule has 2 atom stereocenters. The molecule has 29 heavy (non-hydrogen) atoms. The van der Waals surface area contributed by atoms with Gasteiger partial charge >= 0.3 is 0 Å². The van der Waals surface area contributed by atoms with Crippen LogP contribution in [0.25, 0.3) is 10.1 Å². The van der Waals surface area contributed by atoms with Crippen LogP contribution in [0.1, 0.15) is 28.3 Å². The average Bonchev–Trinajstić information content (AvgIpc) is 3.16. The van der Waals surface area contributed by atoms with E-state index in [0.717, 1.165) is 15.0 Å². The van der Waals surface area contributed by atoms with Gasteiger partial charge in [-0.3, -0.25) is 9.59 Å². The van der Waals surface area contributed by atoms with Crippen LogP contribution in [-0.4, -0.2) is 30.2 Å². The number of hydrogen-bond acceptors (Lipinski definition) is 3. The maximum atomic E-state index is 14.5. The summed E-state index contributed by atoms with van der Waals surface area (Å²) in [6, 6.07) is 12.4. The van der Waals surface area contributed by atoms with Crippen molar-refractivity contribution < 1.29 is 18.4 Å². The zero-order chi connectivity index (χ0) is 20.7. The second-order valence-corrected chi connectivity index (χ2v) is 8.91. The molecule has 1 amide bonds. The van der Waals surface area contributed by atoms with E-state index in [4.69, 9.17) is 0 Å². The maximum Gasteiger partial charge on any atom is 0.226 e. The molecule has 0 bridgehead atoms. The van der Waals surface area contributed by atoms with E-state index >= 15 is 0 Å². The monoisotopic (exact) mass is 413 g/mol. The molecule has 2 heterocycles. The number of hydrogen-bond donors (Lipinski definition) is 0. The van der Waals surface area contributed by atoms with Crippen molar-refractivity contribution >= 4 is 33.1 Å². The van der Waals surface area contributed by atoms with Crippen LogP contribution in [-0.2, 0) is 16.0 Å². The van der Waals surface area contributed by atoms with Crippen LogP contribution in [0.5, 0.6) is 0 Å². The third kappa shape index (κ3) is 3.81. The number of Topliss-reactive ketones (excluding diaryl/α,β-unsaturated/α-hetero) is 1. The molecule has 1 fully saturated rings. The largest absolute Gasteiger partial charge is 0.345 e. The summed E-state index contributed by atoms with van der Waals surface area (Å²) in [6.07, 6.45) is 0.202. The number of benzene rings is 2. The normalized spacial score (nSPS) is 19.3. The van der Waals surface area contributed by atoms with E-state index in [9.17, 15) is 18.4 Å². The smallest absolute Gasteiger partial charge is 0.226 e. The molecule has 0 radical (unpaired) electrons. The van der Waals surface area contributed by atoms with E-state index in [0.29, 0.717) is 5.56 Å². The van der Waals surface area contributed by atoms with Gasteiger partial charge in [0, 0.05) is 47.5 Å². The van der Waals surface area contributed by atoms with Gasteiger partial charge in [0.2, 0.25) is 5.91 Å². The van der Waals surface area contributed by atoms with Crippen LogP contribution in [0.4, 0.5) is 8.78 Å². The van der Waals surface area contributed by atoms with Gasteiger partial charge in [0.15, 0.2) is 0 Å². The number of likely N-dealkylation sites (tertiary alicyclic amines) is 1. The SMILES string of the molecule is Cc1cc(F)c([C@@H]2CN(C)C(=O)[C@H]2CC(=O)Cc2cc3ccccc3s2)c(F)c1. The Morgan fingerprint density at radius 1 is 1.17 bits per heavy atom. The molecule has 1 aliphatic heterocycles. The number of halogens is 2. The van der Waals surface area contributed by atoms with E-state index in [-0.39, 0.29) is 36.6 Å². The third-order valence-electron chi connectivity index (χ3n) is 5.54. The van der Waals surface area contributed by atoms with Gasteiger partial charge in [-0.25, -0.2) is 8.78 Å². The quantitative estimate of drug-likeness (QED) is 0.599. The van der Waals surface area contributed by atoms with E-state index in [2.05, 4.69) is 0 Å². The maximum absolute atomic E-state index is 14.5. The van der Waals surface area contributed by atoms with Crippen molar-refractivity contribution in [3.05, 3.63) is 70.1 Å². The van der Waals surface area contributed by atoms with Crippen molar-refractivity contribution in [3.8, 4) is 0 Å². The minimum absolute atomic E-state index is 0.0190. The Morgan fingerprint density at radius 2 is 1.86 bits per heavy atom. The number of likely N-dealkylation sites (N-methyl/N-ethyl adjacent to an activating group) is 1. The molecule has 0 aliphatic carbocycles. The van der Waals surface area contributed by atoms with E-state index < -0.39 is 23.5 Å². The summed E-state index contributed by atoms with van der Waals surface area (Å²) >= 11 is 1.55. The number of carbonyl (C=O) groups is 2. The number of amides is 1. The van der Waals surface area contributed by atoms with Crippen molar-refractivity contribution in [3.63, 3.8) is 0 Å². The lowest BCUT2D eigenvalue weighted by atomic mass is 9.84. The van der Waals surface area contributed by atoms with Gasteiger partial charge in [-0.15, -0.1) is 11.3 Å². The summed E-state index contributed by atoms with van der Waals surface area (Å²) in [5.74, 6) is -3.05. The number of aryl methyl sites for hydroxylation is 1. The van der Waals surface area contributed by atoms with Gasteiger partial charge in [-0.1, -0.05) is 18.2 Å². The zero-order valence-corrected chi connectivity index (χ0v) is 17.1. The molecule has 1 aromatic heterocycles. The lowest BCUT2D eigenvalue weighted by Crippen LogP contribution is -2.25. The van der Waals surface area contributed by atoms with Crippen molar-refractivity contribution in [2.75, 3.05) is 13.6 Å². The molecule has 0 spiro atoms. The molecular weight excluding hydrogens is 392 g/mol. The van der Waals surface area contributed by atoms with E-state index in [1.165, 1.54) is 17.0 Å². The van der Waals surface area contributed by atoms with Gasteiger partial charge < -0.3 is 4.90 Å². The van der Waals surface area contributed by atoms with Crippen LogP contribution in [0, 0.1) is 24.5 Å². The fraction of sp³-hybridized carbons (Fsp3) is 0.304. The summed E-state index contributed by atoms with van der Waals surface area (Å²) in [5, 5.41) is 1.08. The highest BCUT2D eigenvalue weighted by molar-refractivity contribution is 7.19. The Kier molecular flexibility index (Phi) is 5.21. The average molecular weight is 413 g/mol. The van der Waals surface area contributed by atoms with Crippen LogP contribution in [0.15, 0.2) is 42.5 Å². The zero-order valence-electron chi connectivity index (χ0n) is 16.2. The number of thiophene rings is 1. The second kappa shape index (κ2) is 7.67. The standard InChI is InChI=1S/C23H21F2NO2S/c1-13-7-19(24)22(20(25)8-13)18-12-26(2)23(28)17(18)11-15(27)10-16-9-14-5-3-4-6-21(14)29-16/h3-9,17-18H,10-12H2,1-2H3/t17-,18+/m0/s1. The summed E-state index contributed by atoms with van der Waals surface area (Å²) in [4.78, 5) is 27.8. The first kappa shape index (κ1) is 19.7. The minimum Gasteiger partial charge on any atom is -0.345 e. The molecule has 2 aromatic carbocycles. The number of ketones is 1. The Labute approximate surface area is 172 Å². The fourth-order valence-electron chi connectivity index (χ4n) is 4.19. The van der Waals surface area contributed by atoms with Crippen molar-refractivity contribution in [2.24, 2.45) is 5.92 Å². The minimum atomic E-state index is -0.742. The van der Waals surface area contributed by atoms with Gasteiger partial charge in [-0.2, -0.15) is 0 Å². The first-order valence-corrected chi connectivity index (χ1v) is 10.3. The topological polar surface area (TPSA) is 37.4 Å². The van der Waals surface area contributed by atoms with Gasteiger partial charge in [0.05, 0.1) is 5.92 Å². The summed E-state index contributed by atoms with van der Waals surface area (Å²) in [6.45, 7) is 1.82. The molecule has 3 aromatic rings. The van der Waals surface area contributed by atoms with E-state index in [1.54, 1.807) is 25.3 Å². The van der Waals surface area contributed by atoms with Crippen LogP contribution < -0.4 is 0 Å². The molecule has 0 saturated carbocycles. The summed E-state index contributed by atoms with van der Waals surface area (Å²) in [7, 11) is 1.61. The van der Waals surface area contributed by atoms with Crippen molar-refractivity contribution in [1.29, 1.82) is 0 Å². The molecule has 6 heteroatoms. The van der Waals surface area contributed by atoms with E-state index in [1.807, 2.05) is 30.3 Å². The lowest BCUT2D eigenvalue weighted by molar-refractivity contribution is -0.132. The Bertz CT molecular complexity index is 1050. The van der Waals surface area contributed by atoms with Crippen LogP contribution in [0.3, 0.4) is 0 Å². The van der Waals surface area contributed by atoms with Crippen molar-refractivity contribution in [1.82, 2.24) is 4.90 Å². The number of carbonyl (C=O) groups excluding carboxylic acids is 2. The molecule has 4 rings (SSSR count). The van der Waals surface area contributed by atoms with Gasteiger partial charge in [0.1, 0.15) is 17.4 Å². The molecular formula is C23H21F2NO2S. The molecule has 3 nitrogen and oxygen atoms in total. The first-order chi connectivity index (χ1) is 13.8. The lowest BCUT2D eigenvalue weighted by Gasteiger charge is -2.18. The number of fused-ring (bicyclic) bond motifs is 1.